The van der Waals surface area contributed by atoms with Gasteiger partial charge in [0.15, 0.2) is 6.29 Å². The van der Waals surface area contributed by atoms with E-state index in [0.29, 0.717) is 0 Å². The second kappa shape index (κ2) is 7.96. The number of carboxylic acid groups (broad SMARTS) is 2. The molecule has 0 aliphatic carbocycles. The van der Waals surface area contributed by atoms with Crippen molar-refractivity contribution in [3.05, 3.63) is 0 Å². The Kier molecular flexibility index (Phi) is 9.85. The van der Waals surface area contributed by atoms with E-state index in [2.05, 4.69) is 9.47 Å². The Hall–Kier alpha value is 0.341. The zero-order valence-electron chi connectivity index (χ0n) is 6.44. The first-order valence-electron chi connectivity index (χ1n) is 2.63. The van der Waals surface area contributed by atoms with E-state index >= 15 is 0 Å². The van der Waals surface area contributed by atoms with Gasteiger partial charge in [-0.3, -0.25) is 0 Å². The van der Waals surface area contributed by atoms with Crippen LogP contribution in [-0.2, 0) is 19.1 Å². The van der Waals surface area contributed by atoms with Crippen molar-refractivity contribution in [2.75, 3.05) is 13.7 Å². The molecule has 64 valence electrons. The van der Waals surface area contributed by atoms with E-state index in [1.807, 2.05) is 0 Å². The van der Waals surface area contributed by atoms with Crippen molar-refractivity contribution in [2.24, 2.45) is 0 Å². The van der Waals surface area contributed by atoms with E-state index in [-0.39, 0.29) is 45.5 Å². The van der Waals surface area contributed by atoms with Crippen LogP contribution in [0.1, 0.15) is 0 Å². The smallest absolute Gasteiger partial charge is 0.548 e. The van der Waals surface area contributed by atoms with Crippen LogP contribution in [0.3, 0.4) is 0 Å². The van der Waals surface area contributed by atoms with Crippen LogP contribution in [-0.4, -0.2) is 77.4 Å². The molecular weight excluding hydrogens is 244 g/mol. The van der Waals surface area contributed by atoms with E-state index in [0.717, 1.165) is 7.11 Å². The van der Waals surface area contributed by atoms with E-state index in [1.165, 1.54) is 0 Å². The molecule has 0 fully saturated rings. The summed E-state index contributed by atoms with van der Waals surface area (Å²) in [5.41, 5.74) is 0. The molecular formula is C5H6O6Sr. The Bertz CT molecular complexity index is 158. The van der Waals surface area contributed by atoms with Crippen LogP contribution < -0.4 is 10.2 Å². The second-order valence-corrected chi connectivity index (χ2v) is 1.57. The summed E-state index contributed by atoms with van der Waals surface area (Å²) in [5, 5.41) is 19.7. The maximum atomic E-state index is 9.97. The summed E-state index contributed by atoms with van der Waals surface area (Å²) in [4.78, 5) is 19.7. The number of carboxylic acids is 2. The molecule has 0 aliphatic heterocycles. The first kappa shape index (κ1) is 14.8. The number of ether oxygens (including phenoxy) is 2. The molecule has 0 heterocycles. The Morgan fingerprint density at radius 3 is 2.17 bits per heavy atom. The molecule has 0 bridgehead atoms. The molecule has 1 unspecified atom stereocenters. The number of aliphatic carboxylic acids is 2. The van der Waals surface area contributed by atoms with E-state index in [4.69, 9.17) is 0 Å². The summed E-state index contributed by atoms with van der Waals surface area (Å²) in [6.45, 7) is -0.841. The summed E-state index contributed by atoms with van der Waals surface area (Å²) < 4.78 is 8.35. The fourth-order valence-corrected chi connectivity index (χ4v) is 0.376. The van der Waals surface area contributed by atoms with Gasteiger partial charge < -0.3 is 29.3 Å². The standard InChI is InChI=1S/C5H8O6.Sr/c1-10-5(4(8)9)11-2-3(6)7;/h5H,2H2,1H3,(H,6,7)(H,8,9);/q;+2/p-2. The molecule has 0 aliphatic rings. The number of carbonyl (C=O) groups is 2. The molecule has 1 atom stereocenters. The minimum Gasteiger partial charge on any atom is -0.548 e. The molecule has 0 saturated heterocycles. The largest absolute Gasteiger partial charge is 2.00 e. The van der Waals surface area contributed by atoms with Gasteiger partial charge in [0.2, 0.25) is 0 Å². The van der Waals surface area contributed by atoms with Gasteiger partial charge in [0, 0.05) is 7.11 Å². The van der Waals surface area contributed by atoms with Crippen molar-refractivity contribution in [1.82, 2.24) is 0 Å². The van der Waals surface area contributed by atoms with Crippen molar-refractivity contribution >= 4 is 57.4 Å². The van der Waals surface area contributed by atoms with Gasteiger partial charge in [0.25, 0.3) is 0 Å². The third-order valence-electron chi connectivity index (χ3n) is 0.759. The molecule has 0 aromatic heterocycles. The van der Waals surface area contributed by atoms with Crippen LogP contribution >= 0.6 is 0 Å². The molecule has 7 heteroatoms. The predicted molar refractivity (Wildman–Crippen MR) is 32.5 cm³/mol. The molecule has 0 saturated carbocycles. The monoisotopic (exact) mass is 250 g/mol. The fraction of sp³-hybridized carbons (Fsp3) is 0.600. The molecule has 6 nitrogen and oxygen atoms in total. The first-order valence-corrected chi connectivity index (χ1v) is 2.63. The molecule has 0 spiro atoms. The molecule has 0 amide bonds. The van der Waals surface area contributed by atoms with Gasteiger partial charge in [-0.2, -0.15) is 0 Å². The fourth-order valence-electron chi connectivity index (χ4n) is 0.376. The maximum absolute atomic E-state index is 9.97. The predicted octanol–water partition coefficient (Wildman–Crippen LogP) is -3.91. The minimum absolute atomic E-state index is 0. The summed E-state index contributed by atoms with van der Waals surface area (Å²) >= 11 is 0. The van der Waals surface area contributed by atoms with Gasteiger partial charge in [0.05, 0.1) is 18.5 Å². The topological polar surface area (TPSA) is 98.7 Å². The van der Waals surface area contributed by atoms with Gasteiger partial charge in [-0.05, 0) is 0 Å². The van der Waals surface area contributed by atoms with Crippen molar-refractivity contribution in [3.63, 3.8) is 0 Å². The van der Waals surface area contributed by atoms with Gasteiger partial charge >= 0.3 is 45.5 Å². The van der Waals surface area contributed by atoms with Gasteiger partial charge in [-0.15, -0.1) is 0 Å². The third kappa shape index (κ3) is 7.01. The summed E-state index contributed by atoms with van der Waals surface area (Å²) in [5.74, 6) is -3.15. The van der Waals surface area contributed by atoms with E-state index in [9.17, 15) is 19.8 Å². The number of rotatable bonds is 5. The van der Waals surface area contributed by atoms with Gasteiger partial charge in [-0.25, -0.2) is 0 Å². The summed E-state index contributed by atoms with van der Waals surface area (Å²) in [7, 11) is 1.05. The zero-order chi connectivity index (χ0) is 8.85. The third-order valence-corrected chi connectivity index (χ3v) is 0.759. The zero-order valence-corrected chi connectivity index (χ0v) is 9.92. The summed E-state index contributed by atoms with van der Waals surface area (Å²) in [6, 6.07) is 0. The Morgan fingerprint density at radius 1 is 1.42 bits per heavy atom. The Balaban J connectivity index is 0. The molecule has 0 rings (SSSR count). The minimum atomic E-state index is -1.66. The van der Waals surface area contributed by atoms with Crippen molar-refractivity contribution < 1.29 is 29.3 Å². The van der Waals surface area contributed by atoms with Crippen molar-refractivity contribution in [2.45, 2.75) is 6.29 Å². The van der Waals surface area contributed by atoms with Crippen LogP contribution in [0.15, 0.2) is 0 Å². The number of hydrogen-bond acceptors (Lipinski definition) is 6. The van der Waals surface area contributed by atoms with Crippen LogP contribution in [0.2, 0.25) is 0 Å². The molecule has 0 N–H and O–H groups in total. The number of hydrogen-bond donors (Lipinski definition) is 0. The first-order chi connectivity index (χ1) is 5.07. The molecule has 0 radical (unpaired) electrons. The summed E-state index contributed by atoms with van der Waals surface area (Å²) in [6.07, 6.45) is -1.66. The molecule has 0 aromatic rings. The van der Waals surface area contributed by atoms with Crippen molar-refractivity contribution in [3.8, 4) is 0 Å². The Labute approximate surface area is 106 Å². The number of methoxy groups -OCH3 is 1. The van der Waals surface area contributed by atoms with Crippen LogP contribution in [0.25, 0.3) is 0 Å². The van der Waals surface area contributed by atoms with Crippen LogP contribution in [0, 0.1) is 0 Å². The second-order valence-electron chi connectivity index (χ2n) is 1.57. The van der Waals surface area contributed by atoms with Crippen molar-refractivity contribution in [1.29, 1.82) is 0 Å². The van der Waals surface area contributed by atoms with E-state index in [1.54, 1.807) is 0 Å². The van der Waals surface area contributed by atoms with E-state index < -0.39 is 24.8 Å². The molecule has 12 heavy (non-hydrogen) atoms. The SMILES string of the molecule is COC(OCC(=O)[O-])C(=O)[O-].[Sr+2]. The number of carbonyl (C=O) groups excluding carboxylic acids is 2. The van der Waals surface area contributed by atoms with Gasteiger partial charge in [0.1, 0.15) is 0 Å². The average Bonchev–Trinajstić information content (AvgIpc) is 1.87. The van der Waals surface area contributed by atoms with Gasteiger partial charge in [-0.1, -0.05) is 0 Å². The quantitative estimate of drug-likeness (QED) is 0.365. The molecule has 0 aromatic carbocycles. The normalized spacial score (nSPS) is 11.4. The average molecular weight is 250 g/mol. The maximum Gasteiger partial charge on any atom is 2.00 e. The van der Waals surface area contributed by atoms with Crippen LogP contribution in [0.4, 0.5) is 0 Å². The Morgan fingerprint density at radius 2 is 1.92 bits per heavy atom. The van der Waals surface area contributed by atoms with Crippen LogP contribution in [0.5, 0.6) is 0 Å².